The maximum absolute atomic E-state index is 13.4. The van der Waals surface area contributed by atoms with Crippen LogP contribution in [0.2, 0.25) is 0 Å². The van der Waals surface area contributed by atoms with E-state index in [-0.39, 0.29) is 5.82 Å². The Kier molecular flexibility index (Phi) is 2.34. The number of rotatable bonds is 1. The summed E-state index contributed by atoms with van der Waals surface area (Å²) in [6, 6.07) is 3.55. The molecule has 1 heteroatoms. The molecule has 0 atom stereocenters. The molecule has 0 aliphatic heterocycles. The van der Waals surface area contributed by atoms with Gasteiger partial charge >= 0.3 is 0 Å². The fraction of sp³-hybridized carbons (Fsp3) is 0.467. The van der Waals surface area contributed by atoms with Crippen LogP contribution in [0.4, 0.5) is 4.39 Å². The molecule has 0 amide bonds. The predicted octanol–water partition coefficient (Wildman–Crippen LogP) is 4.26. The molecule has 0 saturated heterocycles. The van der Waals surface area contributed by atoms with Crippen LogP contribution >= 0.6 is 0 Å². The lowest BCUT2D eigenvalue weighted by molar-refractivity contribution is 0.360. The summed E-state index contributed by atoms with van der Waals surface area (Å²) in [6.07, 6.45) is 8.60. The molecule has 1 aromatic rings. The molecule has 0 aromatic heterocycles. The van der Waals surface area contributed by atoms with E-state index < -0.39 is 0 Å². The van der Waals surface area contributed by atoms with Crippen molar-refractivity contribution in [2.75, 3.05) is 0 Å². The van der Waals surface area contributed by atoms with Gasteiger partial charge in [0.05, 0.1) is 0 Å². The first-order chi connectivity index (χ1) is 7.75. The number of halogens is 1. The first kappa shape index (κ1) is 10.1. The molecule has 0 spiro atoms. The van der Waals surface area contributed by atoms with Gasteiger partial charge in [-0.05, 0) is 61.3 Å². The lowest BCUT2D eigenvalue weighted by Crippen LogP contribution is -2.16. The quantitative estimate of drug-likeness (QED) is 0.658. The zero-order valence-electron chi connectivity index (χ0n) is 9.72. The van der Waals surface area contributed by atoms with Gasteiger partial charge in [0.1, 0.15) is 5.82 Å². The first-order valence-electron chi connectivity index (χ1n) is 6.24. The maximum Gasteiger partial charge on any atom is 0.126 e. The largest absolute Gasteiger partial charge is 0.207 e. The van der Waals surface area contributed by atoms with E-state index in [2.05, 4.69) is 6.08 Å². The van der Waals surface area contributed by atoms with Gasteiger partial charge in [-0.15, -0.1) is 0 Å². The van der Waals surface area contributed by atoms with Crippen molar-refractivity contribution in [1.29, 1.82) is 0 Å². The van der Waals surface area contributed by atoms with Crippen LogP contribution in [0.15, 0.2) is 17.7 Å². The third-order valence-corrected chi connectivity index (χ3v) is 4.20. The highest BCUT2D eigenvalue weighted by Gasteiger charge is 2.24. The van der Waals surface area contributed by atoms with Gasteiger partial charge in [-0.25, -0.2) is 4.39 Å². The van der Waals surface area contributed by atoms with Crippen LogP contribution in [-0.2, 0) is 6.42 Å². The number of fused-ring (bicyclic) bond motifs is 1. The molecule has 0 unspecified atom stereocenters. The smallest absolute Gasteiger partial charge is 0.126 e. The Bertz CT molecular complexity index is 453. The Balaban J connectivity index is 2.00. The summed E-state index contributed by atoms with van der Waals surface area (Å²) in [7, 11) is 0. The van der Waals surface area contributed by atoms with Crippen molar-refractivity contribution in [3.63, 3.8) is 0 Å². The SMILES string of the molecule is Cc1c(F)ccc2c1CCC(C1CCC1)=C2. The third kappa shape index (κ3) is 1.50. The normalized spacial score (nSPS) is 20.0. The van der Waals surface area contributed by atoms with Crippen molar-refractivity contribution >= 4 is 6.08 Å². The van der Waals surface area contributed by atoms with Gasteiger partial charge in [0.2, 0.25) is 0 Å². The summed E-state index contributed by atoms with van der Waals surface area (Å²) in [4.78, 5) is 0. The Morgan fingerprint density at radius 3 is 2.69 bits per heavy atom. The van der Waals surface area contributed by atoms with Crippen LogP contribution in [0.25, 0.3) is 6.08 Å². The lowest BCUT2D eigenvalue weighted by atomic mass is 9.74. The number of hydrogen-bond acceptors (Lipinski definition) is 0. The van der Waals surface area contributed by atoms with Crippen LogP contribution in [-0.4, -0.2) is 0 Å². The van der Waals surface area contributed by atoms with E-state index in [0.29, 0.717) is 0 Å². The van der Waals surface area contributed by atoms with Crippen LogP contribution in [0.3, 0.4) is 0 Å². The molecule has 0 nitrogen and oxygen atoms in total. The van der Waals surface area contributed by atoms with Crippen molar-refractivity contribution < 1.29 is 4.39 Å². The summed E-state index contributed by atoms with van der Waals surface area (Å²) < 4.78 is 13.4. The first-order valence-corrected chi connectivity index (χ1v) is 6.24. The fourth-order valence-corrected chi connectivity index (χ4v) is 2.86. The molecule has 84 valence electrons. The van der Waals surface area contributed by atoms with Gasteiger partial charge in [-0.1, -0.05) is 24.1 Å². The van der Waals surface area contributed by atoms with Crippen LogP contribution in [0.5, 0.6) is 0 Å². The maximum atomic E-state index is 13.4. The molecule has 2 aliphatic carbocycles. The number of allylic oxidation sites excluding steroid dienone is 1. The van der Waals surface area contributed by atoms with Crippen LogP contribution in [0, 0.1) is 18.7 Å². The molecule has 1 saturated carbocycles. The van der Waals surface area contributed by atoms with Crippen LogP contribution in [0.1, 0.15) is 42.4 Å². The Hall–Kier alpha value is -1.11. The van der Waals surface area contributed by atoms with E-state index in [0.717, 1.165) is 24.3 Å². The summed E-state index contributed by atoms with van der Waals surface area (Å²) in [5.74, 6) is 0.776. The van der Waals surface area contributed by atoms with Gasteiger partial charge < -0.3 is 0 Å². The summed E-state index contributed by atoms with van der Waals surface area (Å²) >= 11 is 0. The highest BCUT2D eigenvalue weighted by atomic mass is 19.1. The van der Waals surface area contributed by atoms with Crippen molar-refractivity contribution in [3.8, 4) is 0 Å². The molecule has 1 fully saturated rings. The fourth-order valence-electron chi connectivity index (χ4n) is 2.86. The zero-order chi connectivity index (χ0) is 11.1. The van der Waals surface area contributed by atoms with E-state index in [1.54, 1.807) is 11.6 Å². The number of benzene rings is 1. The van der Waals surface area contributed by atoms with Crippen molar-refractivity contribution in [3.05, 3.63) is 40.2 Å². The molecule has 0 N–H and O–H groups in total. The molecule has 0 heterocycles. The summed E-state index contributed by atoms with van der Waals surface area (Å²) in [5.41, 5.74) is 4.93. The van der Waals surface area contributed by atoms with Gasteiger partial charge in [0, 0.05) is 0 Å². The zero-order valence-corrected chi connectivity index (χ0v) is 9.72. The second kappa shape index (κ2) is 3.73. The Morgan fingerprint density at radius 2 is 2.00 bits per heavy atom. The van der Waals surface area contributed by atoms with E-state index in [1.807, 2.05) is 13.0 Å². The van der Waals surface area contributed by atoms with Crippen molar-refractivity contribution in [2.24, 2.45) is 5.92 Å². The average Bonchev–Trinajstić information content (AvgIpc) is 2.21. The summed E-state index contributed by atoms with van der Waals surface area (Å²) in [5, 5.41) is 0. The van der Waals surface area contributed by atoms with Crippen molar-refractivity contribution in [1.82, 2.24) is 0 Å². The minimum atomic E-state index is -0.0563. The average molecular weight is 216 g/mol. The Labute approximate surface area is 96.2 Å². The molecule has 0 radical (unpaired) electrons. The second-order valence-corrected chi connectivity index (χ2v) is 5.09. The topological polar surface area (TPSA) is 0 Å². The molecule has 1 aromatic carbocycles. The molecular formula is C15H17F. The van der Waals surface area contributed by atoms with E-state index in [1.165, 1.54) is 30.4 Å². The van der Waals surface area contributed by atoms with E-state index in [9.17, 15) is 4.39 Å². The van der Waals surface area contributed by atoms with Gasteiger partial charge in [-0.2, -0.15) is 0 Å². The molecule has 16 heavy (non-hydrogen) atoms. The molecule has 0 bridgehead atoms. The highest BCUT2D eigenvalue weighted by molar-refractivity contribution is 5.62. The second-order valence-electron chi connectivity index (χ2n) is 5.09. The third-order valence-electron chi connectivity index (χ3n) is 4.20. The highest BCUT2D eigenvalue weighted by Crippen LogP contribution is 2.39. The Morgan fingerprint density at radius 1 is 1.19 bits per heavy atom. The van der Waals surface area contributed by atoms with E-state index in [4.69, 9.17) is 0 Å². The van der Waals surface area contributed by atoms with Gasteiger partial charge in [0.25, 0.3) is 0 Å². The monoisotopic (exact) mass is 216 g/mol. The summed E-state index contributed by atoms with van der Waals surface area (Å²) in [6.45, 7) is 1.90. The predicted molar refractivity (Wildman–Crippen MR) is 64.8 cm³/mol. The minimum absolute atomic E-state index is 0.0563. The van der Waals surface area contributed by atoms with Crippen molar-refractivity contribution in [2.45, 2.75) is 39.0 Å². The molecule has 2 aliphatic rings. The van der Waals surface area contributed by atoms with Crippen LogP contribution < -0.4 is 0 Å². The molecule has 3 rings (SSSR count). The number of hydrogen-bond donors (Lipinski definition) is 0. The van der Waals surface area contributed by atoms with Gasteiger partial charge in [-0.3, -0.25) is 0 Å². The van der Waals surface area contributed by atoms with Gasteiger partial charge in [0.15, 0.2) is 0 Å². The van der Waals surface area contributed by atoms with E-state index >= 15 is 0 Å². The lowest BCUT2D eigenvalue weighted by Gasteiger charge is -2.31. The molecular weight excluding hydrogens is 199 g/mol. The standard InChI is InChI=1S/C15H17F/c1-10-14-7-5-12(11-3-2-4-11)9-13(14)6-8-15(10)16/h6,8-9,11H,2-5,7H2,1H3. The minimum Gasteiger partial charge on any atom is -0.207 e.